The van der Waals surface area contributed by atoms with Crippen molar-refractivity contribution in [2.24, 2.45) is 5.73 Å². The van der Waals surface area contributed by atoms with Gasteiger partial charge in [0.1, 0.15) is 5.54 Å². The van der Waals surface area contributed by atoms with E-state index in [1.807, 2.05) is 12.1 Å². The summed E-state index contributed by atoms with van der Waals surface area (Å²) in [7, 11) is 0. The van der Waals surface area contributed by atoms with Crippen LogP contribution in [0.1, 0.15) is 18.4 Å². The van der Waals surface area contributed by atoms with E-state index >= 15 is 0 Å². The van der Waals surface area contributed by atoms with Crippen LogP contribution in [0.5, 0.6) is 0 Å². The van der Waals surface area contributed by atoms with E-state index in [0.29, 0.717) is 26.1 Å². The van der Waals surface area contributed by atoms with Crippen LogP contribution >= 0.6 is 24.8 Å². The summed E-state index contributed by atoms with van der Waals surface area (Å²) in [6.07, 6.45) is 2.14. The highest BCUT2D eigenvalue weighted by molar-refractivity contribution is 5.98. The molecule has 2 saturated heterocycles. The minimum Gasteiger partial charge on any atom is -0.381 e. The minimum absolute atomic E-state index is 0. The Balaban J connectivity index is 0.00000169. The Morgan fingerprint density at radius 3 is 2.23 bits per heavy atom. The SMILES string of the molecule is Cl.Cl.NC1(C(=O)Nc2ccc(CCN3CCOCC3)cc2)CCOCC1. The van der Waals surface area contributed by atoms with E-state index in [2.05, 4.69) is 22.3 Å². The van der Waals surface area contributed by atoms with E-state index in [1.165, 1.54) is 5.56 Å². The number of carbonyl (C=O) groups is 1. The molecule has 2 fully saturated rings. The molecule has 0 aliphatic carbocycles. The Labute approximate surface area is 167 Å². The first-order chi connectivity index (χ1) is 11.7. The van der Waals surface area contributed by atoms with E-state index in [-0.39, 0.29) is 30.7 Å². The average molecular weight is 406 g/mol. The number of nitrogens with one attached hydrogen (secondary N) is 1. The average Bonchev–Trinajstić information content (AvgIpc) is 2.62. The van der Waals surface area contributed by atoms with Gasteiger partial charge in [-0.3, -0.25) is 9.69 Å². The number of carbonyl (C=O) groups excluding carboxylic acids is 1. The van der Waals surface area contributed by atoms with Gasteiger partial charge in [0.25, 0.3) is 0 Å². The van der Waals surface area contributed by atoms with Crippen LogP contribution < -0.4 is 11.1 Å². The lowest BCUT2D eigenvalue weighted by molar-refractivity contribution is -0.124. The Morgan fingerprint density at radius 1 is 1.04 bits per heavy atom. The van der Waals surface area contributed by atoms with Crippen LogP contribution in [0.15, 0.2) is 24.3 Å². The van der Waals surface area contributed by atoms with Crippen LogP contribution in [-0.2, 0) is 20.7 Å². The third-order valence-corrected chi connectivity index (χ3v) is 4.87. The van der Waals surface area contributed by atoms with Crippen molar-refractivity contribution in [1.82, 2.24) is 4.90 Å². The maximum absolute atomic E-state index is 12.4. The zero-order valence-electron chi connectivity index (χ0n) is 14.9. The fourth-order valence-electron chi connectivity index (χ4n) is 3.09. The predicted molar refractivity (Wildman–Crippen MR) is 108 cm³/mol. The fourth-order valence-corrected chi connectivity index (χ4v) is 3.09. The number of hydrogen-bond acceptors (Lipinski definition) is 5. The van der Waals surface area contributed by atoms with Crippen molar-refractivity contribution in [2.75, 3.05) is 51.4 Å². The third kappa shape index (κ3) is 6.37. The number of anilines is 1. The summed E-state index contributed by atoms with van der Waals surface area (Å²) in [6.45, 7) is 5.82. The first-order valence-electron chi connectivity index (χ1n) is 8.73. The van der Waals surface area contributed by atoms with E-state index in [1.54, 1.807) is 0 Å². The van der Waals surface area contributed by atoms with Crippen molar-refractivity contribution in [2.45, 2.75) is 24.8 Å². The van der Waals surface area contributed by atoms with Gasteiger partial charge in [-0.25, -0.2) is 0 Å². The summed E-state index contributed by atoms with van der Waals surface area (Å²) < 4.78 is 10.6. The molecule has 2 aliphatic rings. The van der Waals surface area contributed by atoms with Gasteiger partial charge in [0.2, 0.25) is 5.91 Å². The maximum atomic E-state index is 12.4. The molecule has 1 aromatic rings. The highest BCUT2D eigenvalue weighted by Crippen LogP contribution is 2.20. The highest BCUT2D eigenvalue weighted by atomic mass is 35.5. The second-order valence-electron chi connectivity index (χ2n) is 6.62. The number of morpholine rings is 1. The fraction of sp³-hybridized carbons (Fsp3) is 0.611. The smallest absolute Gasteiger partial charge is 0.244 e. The molecular weight excluding hydrogens is 377 g/mol. The van der Waals surface area contributed by atoms with Crippen LogP contribution in [0.25, 0.3) is 0 Å². The van der Waals surface area contributed by atoms with E-state index in [9.17, 15) is 4.79 Å². The third-order valence-electron chi connectivity index (χ3n) is 4.87. The molecule has 3 N–H and O–H groups in total. The van der Waals surface area contributed by atoms with Gasteiger partial charge in [-0.2, -0.15) is 0 Å². The molecule has 0 radical (unpaired) electrons. The lowest BCUT2D eigenvalue weighted by Crippen LogP contribution is -2.54. The van der Waals surface area contributed by atoms with Crippen LogP contribution in [0.3, 0.4) is 0 Å². The largest absolute Gasteiger partial charge is 0.381 e. The molecule has 6 nitrogen and oxygen atoms in total. The lowest BCUT2D eigenvalue weighted by atomic mass is 9.90. The van der Waals surface area contributed by atoms with Gasteiger partial charge >= 0.3 is 0 Å². The number of rotatable bonds is 5. The van der Waals surface area contributed by atoms with Gasteiger partial charge in [0.05, 0.1) is 13.2 Å². The van der Waals surface area contributed by atoms with E-state index < -0.39 is 5.54 Å². The number of hydrogen-bond donors (Lipinski definition) is 2. The summed E-state index contributed by atoms with van der Waals surface area (Å²) in [5.74, 6) is -0.119. The molecule has 2 heterocycles. The number of nitrogens with zero attached hydrogens (tertiary/aromatic N) is 1. The topological polar surface area (TPSA) is 76.8 Å². The molecule has 8 heteroatoms. The van der Waals surface area contributed by atoms with E-state index in [4.69, 9.17) is 15.2 Å². The lowest BCUT2D eigenvalue weighted by Gasteiger charge is -2.31. The Hall–Kier alpha value is -0.890. The monoisotopic (exact) mass is 405 g/mol. The Morgan fingerprint density at radius 2 is 1.62 bits per heavy atom. The zero-order valence-corrected chi connectivity index (χ0v) is 16.6. The van der Waals surface area contributed by atoms with Crippen LogP contribution in [-0.4, -0.2) is 62.4 Å². The summed E-state index contributed by atoms with van der Waals surface area (Å²) in [5.41, 5.74) is 7.46. The Bertz CT molecular complexity index is 545. The van der Waals surface area contributed by atoms with Crippen LogP contribution in [0.2, 0.25) is 0 Å². The molecule has 0 unspecified atom stereocenters. The standard InChI is InChI=1S/C18H27N3O3.2ClH/c19-18(6-11-23-12-7-18)17(22)20-16-3-1-15(2-4-16)5-8-21-9-13-24-14-10-21;;/h1-4H,5-14,19H2,(H,20,22);2*1H. The molecule has 2 aliphatic heterocycles. The number of benzene rings is 1. The molecule has 0 bridgehead atoms. The van der Waals surface area contributed by atoms with Gasteiger partial charge in [0.15, 0.2) is 0 Å². The molecule has 3 rings (SSSR count). The van der Waals surface area contributed by atoms with Crippen molar-refractivity contribution in [3.05, 3.63) is 29.8 Å². The maximum Gasteiger partial charge on any atom is 0.244 e. The molecule has 0 aromatic heterocycles. The van der Waals surface area contributed by atoms with Crippen LogP contribution in [0, 0.1) is 0 Å². The van der Waals surface area contributed by atoms with Gasteiger partial charge in [0, 0.05) is 38.5 Å². The molecule has 148 valence electrons. The molecular formula is C18H29Cl2N3O3. The normalized spacial score (nSPS) is 19.7. The van der Waals surface area contributed by atoms with Crippen LogP contribution in [0.4, 0.5) is 5.69 Å². The summed E-state index contributed by atoms with van der Waals surface area (Å²) >= 11 is 0. The quantitative estimate of drug-likeness (QED) is 0.781. The van der Waals surface area contributed by atoms with Crippen molar-refractivity contribution >= 4 is 36.4 Å². The second-order valence-corrected chi connectivity index (χ2v) is 6.62. The second kappa shape index (κ2) is 11.1. The first kappa shape index (κ1) is 23.1. The summed E-state index contributed by atoms with van der Waals surface area (Å²) in [5, 5.41) is 2.94. The minimum atomic E-state index is -0.812. The Kier molecular flexibility index (Phi) is 9.85. The first-order valence-corrected chi connectivity index (χ1v) is 8.73. The summed E-state index contributed by atoms with van der Waals surface area (Å²) in [6, 6.07) is 8.05. The highest BCUT2D eigenvalue weighted by Gasteiger charge is 2.35. The number of halogens is 2. The molecule has 1 aromatic carbocycles. The molecule has 0 spiro atoms. The number of ether oxygens (including phenoxy) is 2. The zero-order chi connectivity index (χ0) is 16.8. The molecule has 0 saturated carbocycles. The van der Waals surface area contributed by atoms with E-state index in [0.717, 1.165) is 45.0 Å². The van der Waals surface area contributed by atoms with Gasteiger partial charge in [-0.05, 0) is 37.0 Å². The number of amides is 1. The van der Waals surface area contributed by atoms with Gasteiger partial charge in [-0.1, -0.05) is 12.1 Å². The van der Waals surface area contributed by atoms with Crippen molar-refractivity contribution in [3.8, 4) is 0 Å². The molecule has 0 atom stereocenters. The predicted octanol–water partition coefficient (Wildman–Crippen LogP) is 1.85. The molecule has 26 heavy (non-hydrogen) atoms. The van der Waals surface area contributed by atoms with Gasteiger partial charge in [-0.15, -0.1) is 24.8 Å². The van der Waals surface area contributed by atoms with Gasteiger partial charge < -0.3 is 20.5 Å². The van der Waals surface area contributed by atoms with Crippen molar-refractivity contribution in [1.29, 1.82) is 0 Å². The van der Waals surface area contributed by atoms with Crippen molar-refractivity contribution in [3.63, 3.8) is 0 Å². The number of nitrogens with two attached hydrogens (primary N) is 1. The summed E-state index contributed by atoms with van der Waals surface area (Å²) in [4.78, 5) is 14.8. The molecule has 1 amide bonds. The van der Waals surface area contributed by atoms with Crippen molar-refractivity contribution < 1.29 is 14.3 Å².